The molecular formula is C15H32N2. The van der Waals surface area contributed by atoms with Crippen LogP contribution < -0.4 is 0 Å². The highest BCUT2D eigenvalue weighted by Crippen LogP contribution is 2.26. The zero-order chi connectivity index (χ0) is 13.4. The van der Waals surface area contributed by atoms with Gasteiger partial charge in [-0.15, -0.1) is 0 Å². The van der Waals surface area contributed by atoms with E-state index in [1.807, 2.05) is 0 Å². The van der Waals surface area contributed by atoms with E-state index in [-0.39, 0.29) is 0 Å². The first-order valence-corrected chi connectivity index (χ1v) is 7.01. The standard InChI is InChI=1S/C15H32N2/c1-12-10-17(15(6,7)8)13(2)9-16(12)11-14(3,4)5/h12-13H,9-11H2,1-8H3. The highest BCUT2D eigenvalue weighted by atomic mass is 15.3. The Morgan fingerprint density at radius 2 is 1.41 bits per heavy atom. The topological polar surface area (TPSA) is 6.48 Å². The van der Waals surface area contributed by atoms with E-state index in [9.17, 15) is 0 Å². The van der Waals surface area contributed by atoms with E-state index >= 15 is 0 Å². The predicted octanol–water partition coefficient (Wildman–Crippen LogP) is 3.23. The zero-order valence-corrected chi connectivity index (χ0v) is 13.2. The Balaban J connectivity index is 2.68. The fraction of sp³-hybridized carbons (Fsp3) is 1.00. The van der Waals surface area contributed by atoms with Crippen molar-refractivity contribution in [1.29, 1.82) is 0 Å². The Hall–Kier alpha value is -0.0800. The van der Waals surface area contributed by atoms with E-state index in [1.165, 1.54) is 19.6 Å². The van der Waals surface area contributed by atoms with Crippen LogP contribution in [0.5, 0.6) is 0 Å². The van der Waals surface area contributed by atoms with E-state index in [2.05, 4.69) is 65.2 Å². The SMILES string of the molecule is CC1CN(C(C)(C)C)C(C)CN1CC(C)(C)C. The smallest absolute Gasteiger partial charge is 0.0200 e. The zero-order valence-electron chi connectivity index (χ0n) is 13.2. The van der Waals surface area contributed by atoms with E-state index in [0.29, 0.717) is 23.0 Å². The summed E-state index contributed by atoms with van der Waals surface area (Å²) in [6, 6.07) is 1.33. The number of hydrogen-bond acceptors (Lipinski definition) is 2. The van der Waals surface area contributed by atoms with Gasteiger partial charge in [0.05, 0.1) is 0 Å². The highest BCUT2D eigenvalue weighted by Gasteiger charge is 2.35. The maximum absolute atomic E-state index is 2.66. The van der Waals surface area contributed by atoms with Crippen LogP contribution in [0, 0.1) is 5.41 Å². The van der Waals surface area contributed by atoms with E-state index in [0.717, 1.165) is 0 Å². The van der Waals surface area contributed by atoms with Gasteiger partial charge in [-0.05, 0) is 40.0 Å². The van der Waals surface area contributed by atoms with Crippen LogP contribution in [0.1, 0.15) is 55.4 Å². The number of hydrogen-bond donors (Lipinski definition) is 0. The summed E-state index contributed by atoms with van der Waals surface area (Å²) in [5.41, 5.74) is 0.694. The first kappa shape index (κ1) is 15.0. The van der Waals surface area contributed by atoms with Crippen LogP contribution in [-0.2, 0) is 0 Å². The molecule has 0 bridgehead atoms. The second-order valence-corrected chi connectivity index (χ2v) is 8.01. The van der Waals surface area contributed by atoms with Crippen molar-refractivity contribution in [3.63, 3.8) is 0 Å². The van der Waals surface area contributed by atoms with E-state index in [4.69, 9.17) is 0 Å². The van der Waals surface area contributed by atoms with Crippen LogP contribution >= 0.6 is 0 Å². The lowest BCUT2D eigenvalue weighted by molar-refractivity contribution is -0.0221. The minimum absolute atomic E-state index is 0.293. The molecule has 0 saturated carbocycles. The molecule has 1 aliphatic rings. The Kier molecular flexibility index (Phi) is 4.31. The van der Waals surface area contributed by atoms with Crippen molar-refractivity contribution in [2.24, 2.45) is 5.41 Å². The second-order valence-electron chi connectivity index (χ2n) is 8.01. The van der Waals surface area contributed by atoms with E-state index in [1.54, 1.807) is 0 Å². The predicted molar refractivity (Wildman–Crippen MR) is 76.4 cm³/mol. The minimum Gasteiger partial charge on any atom is -0.297 e. The van der Waals surface area contributed by atoms with Gasteiger partial charge in [-0.2, -0.15) is 0 Å². The maximum Gasteiger partial charge on any atom is 0.0200 e. The molecule has 0 aromatic rings. The molecule has 2 nitrogen and oxygen atoms in total. The third kappa shape index (κ3) is 4.26. The molecule has 1 fully saturated rings. The van der Waals surface area contributed by atoms with Gasteiger partial charge in [0, 0.05) is 37.3 Å². The third-order valence-electron chi connectivity index (χ3n) is 3.65. The van der Waals surface area contributed by atoms with Crippen molar-refractivity contribution in [2.45, 2.75) is 73.0 Å². The van der Waals surface area contributed by atoms with E-state index < -0.39 is 0 Å². The summed E-state index contributed by atoms with van der Waals surface area (Å²) >= 11 is 0. The fourth-order valence-electron chi connectivity index (χ4n) is 2.96. The molecule has 17 heavy (non-hydrogen) atoms. The number of rotatable bonds is 1. The largest absolute Gasteiger partial charge is 0.297 e. The molecule has 1 rings (SSSR count). The first-order valence-electron chi connectivity index (χ1n) is 7.01. The van der Waals surface area contributed by atoms with Gasteiger partial charge in [0.25, 0.3) is 0 Å². The van der Waals surface area contributed by atoms with Crippen molar-refractivity contribution in [2.75, 3.05) is 19.6 Å². The molecule has 1 saturated heterocycles. The third-order valence-corrected chi connectivity index (χ3v) is 3.65. The molecule has 0 amide bonds. The van der Waals surface area contributed by atoms with Gasteiger partial charge in [-0.25, -0.2) is 0 Å². The van der Waals surface area contributed by atoms with Gasteiger partial charge in [0.15, 0.2) is 0 Å². The van der Waals surface area contributed by atoms with Crippen molar-refractivity contribution < 1.29 is 0 Å². The molecule has 102 valence electrons. The second kappa shape index (κ2) is 4.89. The lowest BCUT2D eigenvalue weighted by atomic mass is 9.92. The fourth-order valence-corrected chi connectivity index (χ4v) is 2.96. The molecule has 2 unspecified atom stereocenters. The van der Waals surface area contributed by atoms with Crippen LogP contribution in [-0.4, -0.2) is 47.1 Å². The summed E-state index contributed by atoms with van der Waals surface area (Å²) in [4.78, 5) is 5.31. The summed E-state index contributed by atoms with van der Waals surface area (Å²) in [5, 5.41) is 0. The van der Waals surface area contributed by atoms with Crippen LogP contribution in [0.25, 0.3) is 0 Å². The molecule has 0 N–H and O–H groups in total. The van der Waals surface area contributed by atoms with Crippen LogP contribution in [0.3, 0.4) is 0 Å². The highest BCUT2D eigenvalue weighted by molar-refractivity contribution is 4.91. The minimum atomic E-state index is 0.293. The lowest BCUT2D eigenvalue weighted by Gasteiger charge is -2.51. The normalized spacial score (nSPS) is 29.6. The summed E-state index contributed by atoms with van der Waals surface area (Å²) in [7, 11) is 0. The van der Waals surface area contributed by atoms with Crippen molar-refractivity contribution >= 4 is 0 Å². The number of nitrogens with zero attached hydrogens (tertiary/aromatic N) is 2. The van der Waals surface area contributed by atoms with Gasteiger partial charge in [0.2, 0.25) is 0 Å². The molecule has 0 aromatic carbocycles. The molecule has 2 heteroatoms. The average Bonchev–Trinajstić information content (AvgIpc) is 2.06. The van der Waals surface area contributed by atoms with Gasteiger partial charge < -0.3 is 0 Å². The van der Waals surface area contributed by atoms with Gasteiger partial charge in [-0.1, -0.05) is 20.8 Å². The molecule has 2 atom stereocenters. The van der Waals surface area contributed by atoms with Gasteiger partial charge in [0.1, 0.15) is 0 Å². The summed E-state index contributed by atoms with van der Waals surface area (Å²) in [6.07, 6.45) is 0. The summed E-state index contributed by atoms with van der Waals surface area (Å²) < 4.78 is 0. The Morgan fingerprint density at radius 3 is 1.82 bits per heavy atom. The Labute approximate surface area is 108 Å². The van der Waals surface area contributed by atoms with Gasteiger partial charge >= 0.3 is 0 Å². The van der Waals surface area contributed by atoms with Crippen molar-refractivity contribution in [1.82, 2.24) is 9.80 Å². The molecule has 1 aliphatic heterocycles. The van der Waals surface area contributed by atoms with Crippen LogP contribution in [0.2, 0.25) is 0 Å². The van der Waals surface area contributed by atoms with Crippen LogP contribution in [0.4, 0.5) is 0 Å². The average molecular weight is 240 g/mol. The number of piperazine rings is 1. The van der Waals surface area contributed by atoms with Gasteiger partial charge in [-0.3, -0.25) is 9.80 Å². The molecule has 0 aromatic heterocycles. The summed E-state index contributed by atoms with van der Waals surface area (Å²) in [6.45, 7) is 22.3. The monoisotopic (exact) mass is 240 g/mol. The first-order chi connectivity index (χ1) is 7.50. The van der Waals surface area contributed by atoms with Crippen molar-refractivity contribution in [3.05, 3.63) is 0 Å². The molecule has 0 radical (unpaired) electrons. The van der Waals surface area contributed by atoms with Crippen molar-refractivity contribution in [3.8, 4) is 0 Å². The van der Waals surface area contributed by atoms with Crippen LogP contribution in [0.15, 0.2) is 0 Å². The Bertz CT molecular complexity index is 247. The quantitative estimate of drug-likeness (QED) is 0.694. The molecule has 1 heterocycles. The Morgan fingerprint density at radius 1 is 0.882 bits per heavy atom. The molecule has 0 aliphatic carbocycles. The molecule has 0 spiro atoms. The molecular weight excluding hydrogens is 208 g/mol. The summed E-state index contributed by atoms with van der Waals surface area (Å²) in [5.74, 6) is 0. The lowest BCUT2D eigenvalue weighted by Crippen LogP contribution is -2.62. The maximum atomic E-state index is 2.66.